The lowest BCUT2D eigenvalue weighted by Gasteiger charge is -2.20. The Morgan fingerprint density at radius 1 is 0.696 bits per heavy atom. The van der Waals surface area contributed by atoms with Gasteiger partial charge in [0.05, 0.1) is 19.8 Å². The number of esters is 1. The maximum Gasteiger partial charge on any atom is 0.472 e. The minimum absolute atomic E-state index is 0.0122. The molecule has 0 saturated heterocycles. The quantitative estimate of drug-likeness (QED) is 0.0261. The first kappa shape index (κ1) is 44.5. The Hall–Kier alpha value is -1.55. The van der Waals surface area contributed by atoms with Crippen molar-refractivity contribution >= 4 is 19.8 Å². The van der Waals surface area contributed by atoms with Crippen molar-refractivity contribution in [3.63, 3.8) is 0 Å². The summed E-state index contributed by atoms with van der Waals surface area (Å²) in [6, 6.07) is -1.47. The van der Waals surface area contributed by atoms with E-state index in [0.29, 0.717) is 13.0 Å². The zero-order chi connectivity index (χ0) is 34.1. The molecule has 0 aromatic carbocycles. The maximum absolute atomic E-state index is 12.5. The van der Waals surface area contributed by atoms with Gasteiger partial charge in [0.1, 0.15) is 12.1 Å². The molecule has 0 aromatic rings. The zero-order valence-corrected chi connectivity index (χ0v) is 29.8. The minimum Gasteiger partial charge on any atom is -0.480 e. The van der Waals surface area contributed by atoms with Gasteiger partial charge in [-0.2, -0.15) is 0 Å². The number of phosphoric acid groups is 1. The third-order valence-corrected chi connectivity index (χ3v) is 8.43. The predicted molar refractivity (Wildman–Crippen MR) is 185 cm³/mol. The van der Waals surface area contributed by atoms with E-state index in [1.54, 1.807) is 0 Å². The van der Waals surface area contributed by atoms with Gasteiger partial charge in [-0.3, -0.25) is 18.6 Å². The zero-order valence-electron chi connectivity index (χ0n) is 28.9. The Balaban J connectivity index is 4.32. The molecule has 270 valence electrons. The van der Waals surface area contributed by atoms with Crippen molar-refractivity contribution in [3.05, 3.63) is 24.3 Å². The lowest BCUT2D eigenvalue weighted by Crippen LogP contribution is -2.34. The first-order valence-corrected chi connectivity index (χ1v) is 19.4. The smallest absolute Gasteiger partial charge is 0.472 e. The van der Waals surface area contributed by atoms with Gasteiger partial charge in [0.15, 0.2) is 0 Å². The summed E-state index contributed by atoms with van der Waals surface area (Å²) in [7, 11) is -4.60. The van der Waals surface area contributed by atoms with Crippen molar-refractivity contribution < 1.29 is 42.7 Å². The normalized spacial score (nSPS) is 14.5. The van der Waals surface area contributed by atoms with Crippen LogP contribution in [-0.2, 0) is 32.7 Å². The van der Waals surface area contributed by atoms with E-state index in [-0.39, 0.29) is 13.0 Å². The monoisotopic (exact) mass is 675 g/mol. The number of nitrogens with two attached hydrogens (primary N) is 1. The van der Waals surface area contributed by atoms with Crippen LogP contribution in [0.5, 0.6) is 0 Å². The molecule has 0 fully saturated rings. The third-order valence-electron chi connectivity index (χ3n) is 7.48. The second-order valence-corrected chi connectivity index (χ2v) is 13.5. The average molecular weight is 676 g/mol. The van der Waals surface area contributed by atoms with Crippen LogP contribution in [0.3, 0.4) is 0 Å². The fourth-order valence-electron chi connectivity index (χ4n) is 4.62. The number of ether oxygens (including phenoxy) is 2. The molecule has 10 nitrogen and oxygen atoms in total. The van der Waals surface area contributed by atoms with Gasteiger partial charge in [-0.1, -0.05) is 128 Å². The number of carbonyl (C=O) groups excluding carboxylic acids is 1. The maximum atomic E-state index is 12.5. The molecule has 0 aliphatic heterocycles. The highest BCUT2D eigenvalue weighted by Crippen LogP contribution is 2.43. The number of allylic oxidation sites excluding steroid dienone is 4. The summed E-state index contributed by atoms with van der Waals surface area (Å²) < 4.78 is 33.1. The molecule has 0 aliphatic rings. The van der Waals surface area contributed by atoms with Crippen molar-refractivity contribution in [2.45, 2.75) is 161 Å². The predicted octanol–water partition coefficient (Wildman–Crippen LogP) is 8.80. The summed E-state index contributed by atoms with van der Waals surface area (Å²) in [5.41, 5.74) is 5.32. The van der Waals surface area contributed by atoms with Crippen LogP contribution in [-0.4, -0.2) is 60.5 Å². The Morgan fingerprint density at radius 3 is 1.83 bits per heavy atom. The Labute approximate surface area is 279 Å². The van der Waals surface area contributed by atoms with Gasteiger partial charge >= 0.3 is 19.8 Å². The van der Waals surface area contributed by atoms with Crippen LogP contribution >= 0.6 is 7.82 Å². The molecule has 11 heteroatoms. The second-order valence-electron chi connectivity index (χ2n) is 12.0. The third kappa shape index (κ3) is 31.1. The van der Waals surface area contributed by atoms with Crippen molar-refractivity contribution in [2.24, 2.45) is 5.73 Å². The van der Waals surface area contributed by atoms with Gasteiger partial charge < -0.3 is 25.2 Å². The number of aliphatic carboxylic acids is 1. The molecule has 0 aliphatic carbocycles. The van der Waals surface area contributed by atoms with Crippen LogP contribution in [0, 0.1) is 0 Å². The van der Waals surface area contributed by atoms with Gasteiger partial charge in [-0.15, -0.1) is 0 Å². The SMILES string of the molecule is CCCC/C=C\C/C=C\CCCCCCCCOCC(COP(=O)(O)OCC(N)C(=O)O)OC(=O)CCCCCCCCCCC. The first-order valence-electron chi connectivity index (χ1n) is 17.9. The molecule has 3 unspecified atom stereocenters. The van der Waals surface area contributed by atoms with Gasteiger partial charge in [0.2, 0.25) is 0 Å². The van der Waals surface area contributed by atoms with Gasteiger partial charge in [0.25, 0.3) is 0 Å². The Morgan fingerprint density at radius 2 is 1.22 bits per heavy atom. The summed E-state index contributed by atoms with van der Waals surface area (Å²) >= 11 is 0. The van der Waals surface area contributed by atoms with E-state index in [1.807, 2.05) is 0 Å². The standard InChI is InChI=1S/C35H66NO9P/c1-3-5-7-9-11-13-14-15-16-17-18-20-22-24-26-28-42-29-32(30-43-46(40,41)44-31-33(36)35(38)39)45-34(37)27-25-23-21-19-12-10-8-6-4-2/h9,11,14-15,32-33H,3-8,10,12-13,16-31,36H2,1-2H3,(H,38,39)(H,40,41)/b11-9-,15-14-. The molecule has 0 aromatic heterocycles. The van der Waals surface area contributed by atoms with Crippen LogP contribution in [0.4, 0.5) is 0 Å². The highest BCUT2D eigenvalue weighted by atomic mass is 31.2. The molecule has 0 heterocycles. The molecule has 0 spiro atoms. The van der Waals surface area contributed by atoms with Crippen molar-refractivity contribution in [2.75, 3.05) is 26.4 Å². The number of unbranched alkanes of at least 4 members (excludes halogenated alkanes) is 16. The molecule has 4 N–H and O–H groups in total. The number of carbonyl (C=O) groups is 2. The highest BCUT2D eigenvalue weighted by molar-refractivity contribution is 7.47. The number of phosphoric ester groups is 1. The molecule has 0 rings (SSSR count). The number of carboxylic acid groups (broad SMARTS) is 1. The van der Waals surface area contributed by atoms with Crippen LogP contribution in [0.2, 0.25) is 0 Å². The number of hydrogen-bond acceptors (Lipinski definition) is 8. The van der Waals surface area contributed by atoms with E-state index in [0.717, 1.165) is 51.4 Å². The van der Waals surface area contributed by atoms with Crippen molar-refractivity contribution in [1.82, 2.24) is 0 Å². The van der Waals surface area contributed by atoms with E-state index >= 15 is 0 Å². The van der Waals surface area contributed by atoms with Crippen LogP contribution in [0.1, 0.15) is 149 Å². The molecular formula is C35H66NO9P. The molecule has 3 atom stereocenters. The van der Waals surface area contributed by atoms with E-state index in [2.05, 4.69) is 42.7 Å². The van der Waals surface area contributed by atoms with Crippen molar-refractivity contribution in [1.29, 1.82) is 0 Å². The number of hydrogen-bond donors (Lipinski definition) is 3. The summed E-state index contributed by atoms with van der Waals surface area (Å²) in [5, 5.41) is 8.84. The van der Waals surface area contributed by atoms with Gasteiger partial charge in [-0.25, -0.2) is 4.57 Å². The fraction of sp³-hybridized carbons (Fsp3) is 0.829. The molecule has 0 saturated carbocycles. The summed E-state index contributed by atoms with van der Waals surface area (Å²) in [6.07, 6.45) is 30.9. The molecular weight excluding hydrogens is 609 g/mol. The van der Waals surface area contributed by atoms with Gasteiger partial charge in [-0.05, 0) is 38.5 Å². The Kier molecular flexibility index (Phi) is 30.9. The molecule has 0 bridgehead atoms. The molecule has 0 radical (unpaired) electrons. The van der Waals surface area contributed by atoms with E-state index in [1.165, 1.54) is 70.6 Å². The van der Waals surface area contributed by atoms with E-state index < -0.39 is 45.1 Å². The lowest BCUT2D eigenvalue weighted by atomic mass is 10.1. The van der Waals surface area contributed by atoms with E-state index in [9.17, 15) is 19.0 Å². The summed E-state index contributed by atoms with van der Waals surface area (Å²) in [6.45, 7) is 3.77. The fourth-order valence-corrected chi connectivity index (χ4v) is 5.40. The van der Waals surface area contributed by atoms with Crippen LogP contribution < -0.4 is 5.73 Å². The van der Waals surface area contributed by atoms with Gasteiger partial charge in [0, 0.05) is 13.0 Å². The first-order chi connectivity index (χ1) is 22.2. The summed E-state index contributed by atoms with van der Waals surface area (Å²) in [5.74, 6) is -1.79. The summed E-state index contributed by atoms with van der Waals surface area (Å²) in [4.78, 5) is 33.2. The van der Waals surface area contributed by atoms with Crippen molar-refractivity contribution in [3.8, 4) is 0 Å². The highest BCUT2D eigenvalue weighted by Gasteiger charge is 2.27. The topological polar surface area (TPSA) is 155 Å². The van der Waals surface area contributed by atoms with Crippen LogP contribution in [0.15, 0.2) is 24.3 Å². The van der Waals surface area contributed by atoms with E-state index in [4.69, 9.17) is 24.8 Å². The molecule has 0 amide bonds. The number of rotatable bonds is 34. The Bertz CT molecular complexity index is 837. The largest absolute Gasteiger partial charge is 0.480 e. The average Bonchev–Trinajstić information content (AvgIpc) is 3.03. The molecule has 46 heavy (non-hydrogen) atoms. The minimum atomic E-state index is -4.60. The second kappa shape index (κ2) is 32.0. The number of carboxylic acids is 1. The van der Waals surface area contributed by atoms with Crippen LogP contribution in [0.25, 0.3) is 0 Å². The lowest BCUT2D eigenvalue weighted by molar-refractivity contribution is -0.154.